The van der Waals surface area contributed by atoms with E-state index in [1.54, 1.807) is 19.1 Å². The van der Waals surface area contributed by atoms with Gasteiger partial charge in [0.15, 0.2) is 0 Å². The van der Waals surface area contributed by atoms with Crippen molar-refractivity contribution in [2.75, 3.05) is 25.1 Å². The van der Waals surface area contributed by atoms with Gasteiger partial charge in [-0.1, -0.05) is 6.92 Å². The summed E-state index contributed by atoms with van der Waals surface area (Å²) in [4.78, 5) is 0. The van der Waals surface area contributed by atoms with E-state index in [1.165, 1.54) is 6.07 Å². The van der Waals surface area contributed by atoms with Gasteiger partial charge >= 0.3 is 0 Å². The van der Waals surface area contributed by atoms with Crippen molar-refractivity contribution in [3.63, 3.8) is 0 Å². The second-order valence-electron chi connectivity index (χ2n) is 4.11. The zero-order valence-corrected chi connectivity index (χ0v) is 10.6. The van der Waals surface area contributed by atoms with Gasteiger partial charge in [0.2, 0.25) is 0 Å². The van der Waals surface area contributed by atoms with Crippen molar-refractivity contribution in [1.82, 2.24) is 0 Å². The molecule has 3 N–H and O–H groups in total. The fourth-order valence-electron chi connectivity index (χ4n) is 1.08. The first-order valence-corrected chi connectivity index (χ1v) is 5.71. The molecule has 0 aliphatic rings. The van der Waals surface area contributed by atoms with Gasteiger partial charge in [0.1, 0.15) is 5.82 Å². The summed E-state index contributed by atoms with van der Waals surface area (Å²) in [5, 5.41) is 21.1. The molecule has 0 saturated heterocycles. The standard InChI is InChI=1S/C11H15BrFNO2/c1-11(6-15,7-16)5-14-8-2-3-9(12)10(13)4-8/h2-4,14-16H,5-7H2,1H3. The molecule has 0 fully saturated rings. The van der Waals surface area contributed by atoms with E-state index in [2.05, 4.69) is 21.2 Å². The van der Waals surface area contributed by atoms with Gasteiger partial charge in [-0.05, 0) is 34.1 Å². The summed E-state index contributed by atoms with van der Waals surface area (Å²) < 4.78 is 13.6. The SMILES string of the molecule is CC(CO)(CO)CNc1ccc(Br)c(F)c1. The first kappa shape index (κ1) is 13.4. The van der Waals surface area contributed by atoms with Crippen molar-refractivity contribution in [1.29, 1.82) is 0 Å². The molecule has 0 bridgehead atoms. The number of hydrogen-bond acceptors (Lipinski definition) is 3. The summed E-state index contributed by atoms with van der Waals surface area (Å²) in [7, 11) is 0. The van der Waals surface area contributed by atoms with E-state index in [-0.39, 0.29) is 19.0 Å². The molecule has 0 atom stereocenters. The number of nitrogens with one attached hydrogen (secondary N) is 1. The van der Waals surface area contributed by atoms with Crippen LogP contribution in [0.5, 0.6) is 0 Å². The van der Waals surface area contributed by atoms with Crippen molar-refractivity contribution in [2.45, 2.75) is 6.92 Å². The van der Waals surface area contributed by atoms with E-state index < -0.39 is 5.41 Å². The number of aliphatic hydroxyl groups is 2. The molecule has 0 unspecified atom stereocenters. The lowest BCUT2D eigenvalue weighted by Crippen LogP contribution is -2.34. The summed E-state index contributed by atoms with van der Waals surface area (Å²) in [5.41, 5.74) is 0.0117. The second kappa shape index (κ2) is 5.61. The topological polar surface area (TPSA) is 52.5 Å². The lowest BCUT2D eigenvalue weighted by Gasteiger charge is -2.25. The van der Waals surface area contributed by atoms with Crippen LogP contribution in [-0.2, 0) is 0 Å². The van der Waals surface area contributed by atoms with Gasteiger partial charge in [-0.2, -0.15) is 0 Å². The van der Waals surface area contributed by atoms with Crippen LogP contribution in [0.25, 0.3) is 0 Å². The Kier molecular flexibility index (Phi) is 4.70. The van der Waals surface area contributed by atoms with Gasteiger partial charge in [0.25, 0.3) is 0 Å². The van der Waals surface area contributed by atoms with Crippen LogP contribution in [0.3, 0.4) is 0 Å². The molecule has 0 spiro atoms. The zero-order chi connectivity index (χ0) is 12.2. The highest BCUT2D eigenvalue weighted by Gasteiger charge is 2.21. The molecule has 5 heteroatoms. The van der Waals surface area contributed by atoms with E-state index in [0.717, 1.165) is 0 Å². The third-order valence-electron chi connectivity index (χ3n) is 2.40. The lowest BCUT2D eigenvalue weighted by molar-refractivity contribution is 0.0806. The highest BCUT2D eigenvalue weighted by Crippen LogP contribution is 2.21. The number of aliphatic hydroxyl groups excluding tert-OH is 2. The van der Waals surface area contributed by atoms with Gasteiger partial charge in [-0.15, -0.1) is 0 Å². The Hall–Kier alpha value is -0.650. The van der Waals surface area contributed by atoms with Gasteiger partial charge in [0, 0.05) is 17.6 Å². The molecule has 0 aromatic heterocycles. The lowest BCUT2D eigenvalue weighted by atomic mass is 9.93. The minimum Gasteiger partial charge on any atom is -0.396 e. The van der Waals surface area contributed by atoms with Crippen LogP contribution >= 0.6 is 15.9 Å². The average molecular weight is 292 g/mol. The fourth-order valence-corrected chi connectivity index (χ4v) is 1.33. The third kappa shape index (κ3) is 3.43. The Morgan fingerprint density at radius 3 is 2.50 bits per heavy atom. The maximum Gasteiger partial charge on any atom is 0.139 e. The molecule has 0 radical (unpaired) electrons. The largest absolute Gasteiger partial charge is 0.396 e. The molecule has 0 aliphatic carbocycles. The van der Waals surface area contributed by atoms with Crippen LogP contribution in [0.1, 0.15) is 6.92 Å². The number of hydrogen-bond donors (Lipinski definition) is 3. The molecule has 0 heterocycles. The minimum atomic E-state index is -0.608. The second-order valence-corrected chi connectivity index (χ2v) is 4.96. The highest BCUT2D eigenvalue weighted by atomic mass is 79.9. The summed E-state index contributed by atoms with van der Waals surface area (Å²) in [5.74, 6) is -0.347. The summed E-state index contributed by atoms with van der Waals surface area (Å²) in [6.45, 7) is 1.86. The number of benzene rings is 1. The molecule has 3 nitrogen and oxygen atoms in total. The van der Waals surface area contributed by atoms with Crippen LogP contribution in [0, 0.1) is 11.2 Å². The Bertz CT molecular complexity index is 356. The minimum absolute atomic E-state index is 0.129. The molecule has 90 valence electrons. The normalized spacial score (nSPS) is 11.6. The number of anilines is 1. The maximum absolute atomic E-state index is 13.2. The average Bonchev–Trinajstić information content (AvgIpc) is 2.30. The van der Waals surface area contributed by atoms with Crippen LogP contribution in [0.2, 0.25) is 0 Å². The number of rotatable bonds is 5. The zero-order valence-electron chi connectivity index (χ0n) is 9.00. The Labute approximate surface area is 102 Å². The number of halogens is 2. The predicted octanol–water partition coefficient (Wildman–Crippen LogP) is 1.99. The smallest absolute Gasteiger partial charge is 0.139 e. The molecule has 0 amide bonds. The van der Waals surface area contributed by atoms with Crippen molar-refractivity contribution >= 4 is 21.6 Å². The summed E-state index contributed by atoms with van der Waals surface area (Å²) >= 11 is 3.06. The van der Waals surface area contributed by atoms with Crippen molar-refractivity contribution < 1.29 is 14.6 Å². The van der Waals surface area contributed by atoms with Crippen LogP contribution in [0.4, 0.5) is 10.1 Å². The first-order chi connectivity index (χ1) is 7.50. The van der Waals surface area contributed by atoms with Crippen LogP contribution in [0.15, 0.2) is 22.7 Å². The van der Waals surface area contributed by atoms with E-state index >= 15 is 0 Å². The Balaban J connectivity index is 2.64. The van der Waals surface area contributed by atoms with E-state index in [4.69, 9.17) is 10.2 Å². The van der Waals surface area contributed by atoms with Gasteiger partial charge in [-0.3, -0.25) is 0 Å². The van der Waals surface area contributed by atoms with Gasteiger partial charge in [-0.25, -0.2) is 4.39 Å². The Morgan fingerprint density at radius 2 is 2.00 bits per heavy atom. The maximum atomic E-state index is 13.2. The monoisotopic (exact) mass is 291 g/mol. The van der Waals surface area contributed by atoms with Crippen molar-refractivity contribution in [3.05, 3.63) is 28.5 Å². The summed E-state index contributed by atoms with van der Waals surface area (Å²) in [6.07, 6.45) is 0. The van der Waals surface area contributed by atoms with Crippen molar-refractivity contribution in [3.8, 4) is 0 Å². The molecule has 1 rings (SSSR count). The third-order valence-corrected chi connectivity index (χ3v) is 3.05. The van der Waals surface area contributed by atoms with Gasteiger partial charge < -0.3 is 15.5 Å². The van der Waals surface area contributed by atoms with E-state index in [0.29, 0.717) is 16.7 Å². The highest BCUT2D eigenvalue weighted by molar-refractivity contribution is 9.10. The molecular formula is C11H15BrFNO2. The molecule has 0 saturated carbocycles. The molecule has 0 aliphatic heterocycles. The predicted molar refractivity (Wildman–Crippen MR) is 64.9 cm³/mol. The molecule has 16 heavy (non-hydrogen) atoms. The van der Waals surface area contributed by atoms with Crippen LogP contribution < -0.4 is 5.32 Å². The molecule has 1 aromatic rings. The van der Waals surface area contributed by atoms with Crippen LogP contribution in [-0.4, -0.2) is 30.0 Å². The molecule has 1 aromatic carbocycles. The Morgan fingerprint density at radius 1 is 1.38 bits per heavy atom. The van der Waals surface area contributed by atoms with Gasteiger partial charge in [0.05, 0.1) is 17.7 Å². The fraction of sp³-hybridized carbons (Fsp3) is 0.455. The molecular weight excluding hydrogens is 277 g/mol. The first-order valence-electron chi connectivity index (χ1n) is 4.91. The summed E-state index contributed by atoms with van der Waals surface area (Å²) in [6, 6.07) is 4.69. The quantitative estimate of drug-likeness (QED) is 0.778. The van der Waals surface area contributed by atoms with E-state index in [9.17, 15) is 4.39 Å². The van der Waals surface area contributed by atoms with Crippen molar-refractivity contribution in [2.24, 2.45) is 5.41 Å². The van der Waals surface area contributed by atoms with E-state index in [1.807, 2.05) is 0 Å².